The van der Waals surface area contributed by atoms with E-state index in [0.29, 0.717) is 11.6 Å². The average Bonchev–Trinajstić information content (AvgIpc) is 3.63. The fraction of sp³-hybridized carbons (Fsp3) is 0.438. The second-order valence-corrected chi connectivity index (χ2v) is 9.77. The Balaban J connectivity index is 0.000000457. The number of nitrogens with zero attached hydrogens (tertiary/aromatic N) is 4. The number of benzene rings is 1. The van der Waals surface area contributed by atoms with E-state index >= 15 is 0 Å². The third-order valence-electron chi connectivity index (χ3n) is 6.61. The standard InChI is InChI=1S/C24H26N6O.C6H12.C2H6/c1-3-13-30(14-4-2)23(31)22-16-17-15-18(8-9-19(17)28-22)27-24-26-12-10-21(29-24)20-7-5-6-11-25-20;1-6-4-2-3-5-6;1-2/h5-12,15-16,28H,3-4,13-14H2,1-2H3,(H,26,27,29);6H,2-5H2,1H3;1-2H3. The van der Waals surface area contributed by atoms with Crippen molar-refractivity contribution in [2.45, 2.75) is 73.1 Å². The Labute approximate surface area is 233 Å². The van der Waals surface area contributed by atoms with Crippen molar-refractivity contribution in [2.75, 3.05) is 18.4 Å². The molecular formula is C32H44N6O. The maximum atomic E-state index is 12.9. The molecule has 3 heterocycles. The van der Waals surface area contributed by atoms with Crippen LogP contribution in [0.2, 0.25) is 0 Å². The van der Waals surface area contributed by atoms with Crippen LogP contribution in [0.3, 0.4) is 0 Å². The molecule has 0 saturated heterocycles. The number of H-pyrrole nitrogens is 1. The average molecular weight is 529 g/mol. The normalized spacial score (nSPS) is 12.7. The second kappa shape index (κ2) is 15.6. The van der Waals surface area contributed by atoms with Crippen molar-refractivity contribution < 1.29 is 4.79 Å². The third-order valence-corrected chi connectivity index (χ3v) is 6.61. The lowest BCUT2D eigenvalue weighted by atomic mass is 10.2. The Morgan fingerprint density at radius 2 is 1.69 bits per heavy atom. The van der Waals surface area contributed by atoms with E-state index in [1.165, 1.54) is 25.7 Å². The monoisotopic (exact) mass is 528 g/mol. The van der Waals surface area contributed by atoms with Crippen molar-refractivity contribution in [3.05, 3.63) is 66.6 Å². The summed E-state index contributed by atoms with van der Waals surface area (Å²) in [6.07, 6.45) is 11.3. The maximum absolute atomic E-state index is 12.9. The van der Waals surface area contributed by atoms with Crippen LogP contribution in [0.25, 0.3) is 22.3 Å². The largest absolute Gasteiger partial charge is 0.351 e. The number of hydrogen-bond acceptors (Lipinski definition) is 5. The highest BCUT2D eigenvalue weighted by Gasteiger charge is 2.17. The van der Waals surface area contributed by atoms with Gasteiger partial charge in [-0.15, -0.1) is 0 Å². The van der Waals surface area contributed by atoms with Gasteiger partial charge in [0.15, 0.2) is 0 Å². The van der Waals surface area contributed by atoms with Gasteiger partial charge in [0.05, 0.1) is 11.4 Å². The van der Waals surface area contributed by atoms with Gasteiger partial charge in [-0.2, -0.15) is 0 Å². The zero-order valence-corrected chi connectivity index (χ0v) is 24.2. The molecule has 0 bridgehead atoms. The van der Waals surface area contributed by atoms with Gasteiger partial charge >= 0.3 is 0 Å². The minimum absolute atomic E-state index is 0.0424. The minimum atomic E-state index is 0.0424. The Bertz CT molecular complexity index is 1270. The number of rotatable bonds is 8. The van der Waals surface area contributed by atoms with Crippen LogP contribution >= 0.6 is 0 Å². The molecule has 0 radical (unpaired) electrons. The van der Waals surface area contributed by atoms with Crippen molar-refractivity contribution in [2.24, 2.45) is 5.92 Å². The molecule has 1 aliphatic rings. The van der Waals surface area contributed by atoms with E-state index in [1.54, 1.807) is 12.4 Å². The molecule has 1 fully saturated rings. The second-order valence-electron chi connectivity index (χ2n) is 9.77. The number of aromatic nitrogens is 4. The predicted octanol–water partition coefficient (Wildman–Crippen LogP) is 8.25. The summed E-state index contributed by atoms with van der Waals surface area (Å²) >= 11 is 0. The van der Waals surface area contributed by atoms with Gasteiger partial charge < -0.3 is 15.2 Å². The lowest BCUT2D eigenvalue weighted by Crippen LogP contribution is -2.32. The number of carbonyl (C=O) groups is 1. The molecule has 2 N–H and O–H groups in total. The quantitative estimate of drug-likeness (QED) is 0.240. The number of aromatic amines is 1. The molecule has 0 spiro atoms. The molecular weight excluding hydrogens is 484 g/mol. The van der Waals surface area contributed by atoms with Crippen LogP contribution in [0.5, 0.6) is 0 Å². The molecule has 0 aliphatic heterocycles. The molecule has 3 aromatic heterocycles. The van der Waals surface area contributed by atoms with Crippen LogP contribution in [0.1, 0.15) is 83.6 Å². The number of carbonyl (C=O) groups excluding carboxylic acids is 1. The van der Waals surface area contributed by atoms with Crippen molar-refractivity contribution in [1.82, 2.24) is 24.8 Å². The van der Waals surface area contributed by atoms with Crippen LogP contribution in [-0.2, 0) is 0 Å². The summed E-state index contributed by atoms with van der Waals surface area (Å²) in [5.74, 6) is 1.58. The van der Waals surface area contributed by atoms with E-state index in [1.807, 2.05) is 67.3 Å². The molecule has 0 atom stereocenters. The molecule has 208 valence electrons. The molecule has 4 aromatic rings. The van der Waals surface area contributed by atoms with E-state index in [4.69, 9.17) is 0 Å². The van der Waals surface area contributed by atoms with E-state index in [2.05, 4.69) is 46.0 Å². The first-order valence-corrected chi connectivity index (χ1v) is 14.5. The Morgan fingerprint density at radius 3 is 2.31 bits per heavy atom. The molecule has 7 heteroatoms. The van der Waals surface area contributed by atoms with Gasteiger partial charge in [-0.1, -0.05) is 66.4 Å². The molecule has 1 saturated carbocycles. The van der Waals surface area contributed by atoms with E-state index in [9.17, 15) is 4.79 Å². The predicted molar refractivity (Wildman–Crippen MR) is 162 cm³/mol. The van der Waals surface area contributed by atoms with Gasteiger partial charge in [0, 0.05) is 42.1 Å². The lowest BCUT2D eigenvalue weighted by molar-refractivity contribution is 0.0750. The van der Waals surface area contributed by atoms with Crippen molar-refractivity contribution in [3.63, 3.8) is 0 Å². The van der Waals surface area contributed by atoms with Crippen LogP contribution in [-0.4, -0.2) is 43.8 Å². The first kappa shape index (κ1) is 29.8. The summed E-state index contributed by atoms with van der Waals surface area (Å²) in [7, 11) is 0. The van der Waals surface area contributed by atoms with Crippen molar-refractivity contribution >= 4 is 28.4 Å². The zero-order valence-electron chi connectivity index (χ0n) is 24.2. The minimum Gasteiger partial charge on any atom is -0.351 e. The first-order valence-electron chi connectivity index (χ1n) is 14.5. The topological polar surface area (TPSA) is 86.8 Å². The van der Waals surface area contributed by atoms with Gasteiger partial charge in [-0.05, 0) is 61.2 Å². The highest BCUT2D eigenvalue weighted by Crippen LogP contribution is 2.24. The summed E-state index contributed by atoms with van der Waals surface area (Å²) in [5.41, 5.74) is 3.93. The highest BCUT2D eigenvalue weighted by molar-refractivity contribution is 5.98. The Morgan fingerprint density at radius 1 is 0.949 bits per heavy atom. The fourth-order valence-electron chi connectivity index (χ4n) is 4.69. The van der Waals surface area contributed by atoms with Crippen molar-refractivity contribution in [3.8, 4) is 11.4 Å². The van der Waals surface area contributed by atoms with Gasteiger partial charge in [0.1, 0.15) is 5.69 Å². The number of anilines is 2. The fourth-order valence-corrected chi connectivity index (χ4v) is 4.69. The molecule has 1 aromatic carbocycles. The third kappa shape index (κ3) is 8.63. The van der Waals surface area contributed by atoms with E-state index in [-0.39, 0.29) is 5.91 Å². The van der Waals surface area contributed by atoms with Crippen LogP contribution in [0, 0.1) is 5.92 Å². The van der Waals surface area contributed by atoms with Crippen LogP contribution in [0.15, 0.2) is 60.9 Å². The number of fused-ring (bicyclic) bond motifs is 1. The number of pyridine rings is 1. The number of hydrogen-bond donors (Lipinski definition) is 2. The summed E-state index contributed by atoms with van der Waals surface area (Å²) in [6, 6.07) is 15.4. The number of nitrogens with one attached hydrogen (secondary N) is 2. The van der Waals surface area contributed by atoms with Crippen LogP contribution in [0.4, 0.5) is 11.6 Å². The van der Waals surface area contributed by atoms with Gasteiger partial charge in [-0.25, -0.2) is 9.97 Å². The molecule has 5 rings (SSSR count). The zero-order chi connectivity index (χ0) is 28.0. The molecule has 39 heavy (non-hydrogen) atoms. The molecule has 1 amide bonds. The first-order chi connectivity index (χ1) is 19.1. The van der Waals surface area contributed by atoms with Gasteiger partial charge in [0.2, 0.25) is 5.95 Å². The maximum Gasteiger partial charge on any atom is 0.270 e. The SMILES string of the molecule is CC.CC1CCCC1.CCCN(CCC)C(=O)c1cc2cc(Nc3nccc(-c4ccccn4)n3)ccc2[nH]1. The smallest absolute Gasteiger partial charge is 0.270 e. The van der Waals surface area contributed by atoms with Crippen LogP contribution < -0.4 is 5.32 Å². The summed E-state index contributed by atoms with van der Waals surface area (Å²) < 4.78 is 0. The Kier molecular flexibility index (Phi) is 11.9. The van der Waals surface area contributed by atoms with Crippen molar-refractivity contribution in [1.29, 1.82) is 0 Å². The summed E-state index contributed by atoms with van der Waals surface area (Å²) in [5, 5.41) is 4.21. The summed E-state index contributed by atoms with van der Waals surface area (Å²) in [4.78, 5) is 31.3. The van der Waals surface area contributed by atoms with Gasteiger partial charge in [0.25, 0.3) is 5.91 Å². The molecule has 7 nitrogen and oxygen atoms in total. The molecule has 0 unspecified atom stereocenters. The highest BCUT2D eigenvalue weighted by atomic mass is 16.2. The number of amides is 1. The van der Waals surface area contributed by atoms with Gasteiger partial charge in [-0.3, -0.25) is 9.78 Å². The molecule has 1 aliphatic carbocycles. The van der Waals surface area contributed by atoms with E-state index in [0.717, 1.165) is 59.8 Å². The lowest BCUT2D eigenvalue weighted by Gasteiger charge is -2.20. The Hall–Kier alpha value is -3.74. The van der Waals surface area contributed by atoms with E-state index < -0.39 is 0 Å². The summed E-state index contributed by atoms with van der Waals surface area (Å²) in [6.45, 7) is 12.0.